The second kappa shape index (κ2) is 16.6. The minimum atomic E-state index is -0.0986. The van der Waals surface area contributed by atoms with E-state index in [-0.39, 0.29) is 10.8 Å². The van der Waals surface area contributed by atoms with Crippen molar-refractivity contribution in [2.45, 2.75) is 52.4 Å². The van der Waals surface area contributed by atoms with E-state index in [0.717, 1.165) is 121 Å². The Morgan fingerprint density at radius 3 is 1.14 bits per heavy atom. The number of hydrogen-bond donors (Lipinski definition) is 0. The summed E-state index contributed by atoms with van der Waals surface area (Å²) in [5.41, 5.74) is 14.3. The summed E-state index contributed by atoms with van der Waals surface area (Å²) in [6.45, 7) is 13.4. The van der Waals surface area contributed by atoms with Crippen LogP contribution in [0.2, 0.25) is 0 Å². The van der Waals surface area contributed by atoms with Gasteiger partial charge in [0.05, 0.1) is 11.4 Å². The fourth-order valence-corrected chi connectivity index (χ4v) is 12.1. The molecule has 0 aliphatic heterocycles. The van der Waals surface area contributed by atoms with E-state index in [1.807, 2.05) is 12.1 Å². The average molecular weight is 1010 g/mol. The predicted octanol–water partition coefficient (Wildman–Crippen LogP) is 21.0. The fourth-order valence-electron chi connectivity index (χ4n) is 12.1. The SMILES string of the molecule is CC(C)(C)c1cccc2c1oc1c(N(c3ccccc3)c3ccc4cc5c(cc4c3)oc3c(C#N)c4oc6cc7cc(N(c8ccccc8)c8cccc9c8oc8c(C(C)(C)C)cccc89)ccc7cc6c4cc35)cccc12. The molecule has 0 saturated carbocycles. The average Bonchev–Trinajstić information content (AvgIpc) is 4.41. The van der Waals surface area contributed by atoms with Gasteiger partial charge in [0.15, 0.2) is 22.3 Å². The van der Waals surface area contributed by atoms with Gasteiger partial charge in [-0.2, -0.15) is 5.26 Å². The van der Waals surface area contributed by atoms with E-state index < -0.39 is 0 Å². The maximum absolute atomic E-state index is 10.9. The van der Waals surface area contributed by atoms with E-state index in [0.29, 0.717) is 27.9 Å². The van der Waals surface area contributed by atoms with Crippen LogP contribution in [0.15, 0.2) is 218 Å². The van der Waals surface area contributed by atoms with E-state index >= 15 is 0 Å². The minimum absolute atomic E-state index is 0.0986. The lowest BCUT2D eigenvalue weighted by molar-refractivity contribution is 0.572. The summed E-state index contributed by atoms with van der Waals surface area (Å²) in [5.74, 6) is 0. The molecular formula is C71H51N3O4. The van der Waals surface area contributed by atoms with Gasteiger partial charge >= 0.3 is 0 Å². The molecule has 7 nitrogen and oxygen atoms in total. The molecule has 0 saturated heterocycles. The molecule has 0 amide bonds. The number of anilines is 6. The van der Waals surface area contributed by atoms with Crippen molar-refractivity contribution in [1.29, 1.82) is 5.26 Å². The third-order valence-electron chi connectivity index (χ3n) is 15.8. The van der Waals surface area contributed by atoms with Crippen molar-refractivity contribution in [3.8, 4) is 6.07 Å². The number of nitriles is 1. The molecule has 4 aromatic heterocycles. The number of furan rings is 4. The molecule has 0 spiro atoms. The Kier molecular flexibility index (Phi) is 9.71. The first-order valence-corrected chi connectivity index (χ1v) is 26.6. The Hall–Kier alpha value is -9.77. The summed E-state index contributed by atoms with van der Waals surface area (Å²) in [6, 6.07) is 72.9. The third kappa shape index (κ3) is 6.89. The van der Waals surface area contributed by atoms with Crippen LogP contribution in [0.1, 0.15) is 58.2 Å². The largest absolute Gasteiger partial charge is 0.454 e. The van der Waals surface area contributed by atoms with Gasteiger partial charge in [0.25, 0.3) is 0 Å². The molecule has 0 aliphatic carbocycles. The summed E-state index contributed by atoms with van der Waals surface area (Å²) < 4.78 is 27.3. The highest BCUT2D eigenvalue weighted by molar-refractivity contribution is 6.21. The lowest BCUT2D eigenvalue weighted by Gasteiger charge is -2.25. The molecular weight excluding hydrogens is 959 g/mol. The second-order valence-corrected chi connectivity index (χ2v) is 22.8. The zero-order valence-corrected chi connectivity index (χ0v) is 44.0. The van der Waals surface area contributed by atoms with Gasteiger partial charge in [0.2, 0.25) is 0 Å². The van der Waals surface area contributed by atoms with E-state index in [2.05, 4.69) is 245 Å². The van der Waals surface area contributed by atoms with Crippen LogP contribution in [-0.4, -0.2) is 0 Å². The Labute approximate surface area is 449 Å². The molecule has 15 rings (SSSR count). The van der Waals surface area contributed by atoms with Crippen molar-refractivity contribution in [2.24, 2.45) is 0 Å². The van der Waals surface area contributed by atoms with Crippen LogP contribution >= 0.6 is 0 Å². The van der Waals surface area contributed by atoms with Crippen molar-refractivity contribution in [3.05, 3.63) is 217 Å². The Bertz CT molecular complexity index is 4710. The standard InChI is InChI=1S/C71H51N3O4/c1-70(2,3)58-25-13-21-49-51-23-15-27-60(68(51)77-66(49)58)73(45-17-9-7-10-18-45)47-31-29-41-35-53-55-39-56-54-36-42-30-32-48(34-44(42)38-63(54)76-65(56)57(40-72)64(55)75-62(53)37-43(41)33-47)74(46-19-11-8-12-20-46)61-28-16-24-52-50-22-14-26-59(71(4,5)6)67(50)78-69(52)61/h7-39H,1-6H3. The van der Waals surface area contributed by atoms with E-state index in [4.69, 9.17) is 17.7 Å². The summed E-state index contributed by atoms with van der Waals surface area (Å²) >= 11 is 0. The molecule has 0 unspecified atom stereocenters. The maximum Gasteiger partial charge on any atom is 0.159 e. The normalized spacial score (nSPS) is 12.5. The lowest BCUT2D eigenvalue weighted by atomic mass is 9.86. The molecule has 0 atom stereocenters. The van der Waals surface area contributed by atoms with Crippen molar-refractivity contribution in [2.75, 3.05) is 9.80 Å². The Morgan fingerprint density at radius 2 is 0.731 bits per heavy atom. The molecule has 4 heterocycles. The number of nitrogens with zero attached hydrogens (tertiary/aromatic N) is 3. The monoisotopic (exact) mass is 1010 g/mol. The smallest absolute Gasteiger partial charge is 0.159 e. The van der Waals surface area contributed by atoms with Crippen molar-refractivity contribution < 1.29 is 17.7 Å². The van der Waals surface area contributed by atoms with E-state index in [1.54, 1.807) is 0 Å². The summed E-state index contributed by atoms with van der Waals surface area (Å²) in [4.78, 5) is 4.54. The summed E-state index contributed by atoms with van der Waals surface area (Å²) in [5, 5.41) is 23.0. The van der Waals surface area contributed by atoms with Crippen LogP contribution < -0.4 is 9.80 Å². The van der Waals surface area contributed by atoms with E-state index in [1.165, 1.54) is 11.1 Å². The fraction of sp³-hybridized carbons (Fsp3) is 0.113. The van der Waals surface area contributed by atoms with Gasteiger partial charge in [-0.15, -0.1) is 0 Å². The van der Waals surface area contributed by atoms with Crippen molar-refractivity contribution in [1.82, 2.24) is 0 Å². The molecule has 0 fully saturated rings. The molecule has 0 N–H and O–H groups in total. The van der Waals surface area contributed by atoms with Crippen LogP contribution in [-0.2, 0) is 10.8 Å². The first-order chi connectivity index (χ1) is 37.9. The molecule has 374 valence electrons. The lowest BCUT2D eigenvalue weighted by Crippen LogP contribution is -2.11. The molecule has 15 aromatic rings. The number of rotatable bonds is 6. The highest BCUT2D eigenvalue weighted by Gasteiger charge is 2.27. The third-order valence-corrected chi connectivity index (χ3v) is 15.8. The van der Waals surface area contributed by atoms with Gasteiger partial charge in [-0.1, -0.05) is 151 Å². The zero-order chi connectivity index (χ0) is 52.8. The second-order valence-electron chi connectivity index (χ2n) is 22.8. The van der Waals surface area contributed by atoms with Gasteiger partial charge in [-0.25, -0.2) is 0 Å². The number of hydrogen-bond acceptors (Lipinski definition) is 7. The first kappa shape index (κ1) is 45.6. The van der Waals surface area contributed by atoms with Crippen LogP contribution in [0.4, 0.5) is 34.1 Å². The summed E-state index contributed by atoms with van der Waals surface area (Å²) in [6.07, 6.45) is 0. The number of benzene rings is 11. The molecule has 0 aliphatic rings. The topological polar surface area (TPSA) is 82.8 Å². The van der Waals surface area contributed by atoms with Gasteiger partial charge in [0.1, 0.15) is 34.0 Å². The maximum atomic E-state index is 10.9. The summed E-state index contributed by atoms with van der Waals surface area (Å²) in [7, 11) is 0. The van der Waals surface area contributed by atoms with Crippen molar-refractivity contribution in [3.63, 3.8) is 0 Å². The minimum Gasteiger partial charge on any atom is -0.454 e. The van der Waals surface area contributed by atoms with Crippen LogP contribution in [0.5, 0.6) is 0 Å². The molecule has 0 radical (unpaired) electrons. The quantitative estimate of drug-likeness (QED) is 0.164. The highest BCUT2D eigenvalue weighted by Crippen LogP contribution is 2.48. The molecule has 11 aromatic carbocycles. The number of fused-ring (bicyclic) bond motifs is 14. The van der Waals surface area contributed by atoms with Gasteiger partial charge in [-0.05, 0) is 123 Å². The van der Waals surface area contributed by atoms with E-state index in [9.17, 15) is 5.26 Å². The molecule has 78 heavy (non-hydrogen) atoms. The Morgan fingerprint density at radius 1 is 0.321 bits per heavy atom. The van der Waals surface area contributed by atoms with Gasteiger partial charge in [-0.3, -0.25) is 0 Å². The Balaban J connectivity index is 0.848. The van der Waals surface area contributed by atoms with Crippen LogP contribution in [0.25, 0.3) is 109 Å². The zero-order valence-electron chi connectivity index (χ0n) is 44.0. The predicted molar refractivity (Wildman–Crippen MR) is 322 cm³/mol. The van der Waals surface area contributed by atoms with Crippen molar-refractivity contribution >= 4 is 143 Å². The highest BCUT2D eigenvalue weighted by atomic mass is 16.3. The van der Waals surface area contributed by atoms with Crippen LogP contribution in [0.3, 0.4) is 0 Å². The first-order valence-electron chi connectivity index (χ1n) is 26.6. The van der Waals surface area contributed by atoms with Gasteiger partial charge < -0.3 is 27.5 Å². The molecule has 7 heteroatoms. The number of para-hydroxylation sites is 6. The van der Waals surface area contributed by atoms with Gasteiger partial charge in [0, 0.05) is 77.0 Å². The van der Waals surface area contributed by atoms with Crippen LogP contribution in [0, 0.1) is 11.3 Å². The molecule has 0 bridgehead atoms.